The normalized spacial score (nSPS) is 25.9. The Labute approximate surface area is 97.2 Å². The number of nitrogens with one attached hydrogen (secondary N) is 1. The molecule has 0 bridgehead atoms. The third kappa shape index (κ3) is 2.66. The second-order valence-electron chi connectivity index (χ2n) is 4.50. The van der Waals surface area contributed by atoms with Crippen molar-refractivity contribution in [3.8, 4) is 0 Å². The number of ether oxygens (including phenoxy) is 1. The third-order valence-electron chi connectivity index (χ3n) is 3.16. The van der Waals surface area contributed by atoms with Crippen LogP contribution in [0.4, 0.5) is 0 Å². The fraction of sp³-hybridized carbons (Fsp3) is 0.692. The molecule has 1 fully saturated rings. The number of hydrogen-bond acceptors (Lipinski definition) is 3. The van der Waals surface area contributed by atoms with Crippen molar-refractivity contribution in [3.05, 3.63) is 23.7 Å². The highest BCUT2D eigenvalue weighted by molar-refractivity contribution is 5.17. The summed E-state index contributed by atoms with van der Waals surface area (Å²) in [7, 11) is 0. The third-order valence-corrected chi connectivity index (χ3v) is 3.16. The Morgan fingerprint density at radius 1 is 1.50 bits per heavy atom. The van der Waals surface area contributed by atoms with Crippen LogP contribution in [0.2, 0.25) is 0 Å². The molecule has 1 aliphatic heterocycles. The topological polar surface area (TPSA) is 34.4 Å². The van der Waals surface area contributed by atoms with E-state index in [2.05, 4.69) is 19.2 Å². The van der Waals surface area contributed by atoms with Gasteiger partial charge < -0.3 is 14.5 Å². The Bertz CT molecular complexity index is 321. The minimum absolute atomic E-state index is 0.137. The highest BCUT2D eigenvalue weighted by Gasteiger charge is 2.26. The van der Waals surface area contributed by atoms with Crippen LogP contribution in [0.15, 0.2) is 16.7 Å². The Balaban J connectivity index is 1.94. The van der Waals surface area contributed by atoms with Crippen LogP contribution >= 0.6 is 0 Å². The van der Waals surface area contributed by atoms with Gasteiger partial charge in [-0.15, -0.1) is 0 Å². The van der Waals surface area contributed by atoms with Crippen molar-refractivity contribution in [2.24, 2.45) is 0 Å². The molecule has 0 spiro atoms. The zero-order chi connectivity index (χ0) is 11.4. The smallest absolute Gasteiger partial charge is 0.135 e. The molecule has 0 radical (unpaired) electrons. The fourth-order valence-electron chi connectivity index (χ4n) is 2.23. The van der Waals surface area contributed by atoms with Gasteiger partial charge >= 0.3 is 0 Å². The summed E-state index contributed by atoms with van der Waals surface area (Å²) >= 11 is 0. The van der Waals surface area contributed by atoms with Gasteiger partial charge in [0.15, 0.2) is 0 Å². The van der Waals surface area contributed by atoms with E-state index in [9.17, 15) is 0 Å². The van der Waals surface area contributed by atoms with Gasteiger partial charge in [0, 0.05) is 12.6 Å². The van der Waals surface area contributed by atoms with Gasteiger partial charge in [0.1, 0.15) is 11.9 Å². The lowest BCUT2D eigenvalue weighted by Gasteiger charge is -2.29. The molecule has 0 aliphatic carbocycles. The molecule has 1 N–H and O–H groups in total. The first kappa shape index (κ1) is 11.7. The van der Waals surface area contributed by atoms with E-state index in [1.54, 1.807) is 6.26 Å². The van der Waals surface area contributed by atoms with Crippen LogP contribution in [0.25, 0.3) is 0 Å². The molecule has 2 unspecified atom stereocenters. The van der Waals surface area contributed by atoms with Gasteiger partial charge in [-0.05, 0) is 44.4 Å². The van der Waals surface area contributed by atoms with Crippen LogP contribution in [0, 0.1) is 6.92 Å². The molecular weight excluding hydrogens is 202 g/mol. The SMILES string of the molecule is CCCNC1CCOC(c2occc2C)C1. The zero-order valence-electron chi connectivity index (χ0n) is 10.2. The average molecular weight is 223 g/mol. The molecule has 0 aromatic carbocycles. The van der Waals surface area contributed by atoms with Crippen molar-refractivity contribution >= 4 is 0 Å². The van der Waals surface area contributed by atoms with Crippen LogP contribution in [-0.2, 0) is 4.74 Å². The van der Waals surface area contributed by atoms with E-state index in [1.165, 1.54) is 12.0 Å². The highest BCUT2D eigenvalue weighted by Crippen LogP contribution is 2.30. The van der Waals surface area contributed by atoms with Gasteiger partial charge in [0.05, 0.1) is 6.26 Å². The molecule has 0 saturated carbocycles. The summed E-state index contributed by atoms with van der Waals surface area (Å²) in [5, 5.41) is 3.56. The lowest BCUT2D eigenvalue weighted by molar-refractivity contribution is -0.0122. The number of furan rings is 1. The van der Waals surface area contributed by atoms with E-state index in [0.29, 0.717) is 6.04 Å². The van der Waals surface area contributed by atoms with E-state index < -0.39 is 0 Å². The summed E-state index contributed by atoms with van der Waals surface area (Å²) in [6.45, 7) is 6.19. The molecule has 90 valence electrons. The fourth-order valence-corrected chi connectivity index (χ4v) is 2.23. The van der Waals surface area contributed by atoms with E-state index >= 15 is 0 Å². The van der Waals surface area contributed by atoms with E-state index in [1.807, 2.05) is 6.07 Å². The summed E-state index contributed by atoms with van der Waals surface area (Å²) in [5.41, 5.74) is 1.20. The first-order valence-electron chi connectivity index (χ1n) is 6.20. The quantitative estimate of drug-likeness (QED) is 0.852. The molecule has 3 nitrogen and oxygen atoms in total. The lowest BCUT2D eigenvalue weighted by atomic mass is 10.00. The Morgan fingerprint density at radius 2 is 2.38 bits per heavy atom. The van der Waals surface area contributed by atoms with Crippen molar-refractivity contribution in [1.82, 2.24) is 5.32 Å². The van der Waals surface area contributed by atoms with Crippen LogP contribution in [0.3, 0.4) is 0 Å². The molecule has 0 amide bonds. The van der Waals surface area contributed by atoms with Gasteiger partial charge in [-0.1, -0.05) is 6.92 Å². The van der Waals surface area contributed by atoms with Gasteiger partial charge in [-0.3, -0.25) is 0 Å². The first-order valence-corrected chi connectivity index (χ1v) is 6.20. The summed E-state index contributed by atoms with van der Waals surface area (Å²) in [6, 6.07) is 2.57. The molecule has 2 heterocycles. The molecule has 1 saturated heterocycles. The minimum atomic E-state index is 0.137. The molecule has 3 heteroatoms. The summed E-state index contributed by atoms with van der Waals surface area (Å²) in [6.07, 6.45) is 5.20. The summed E-state index contributed by atoms with van der Waals surface area (Å²) < 4.78 is 11.3. The minimum Gasteiger partial charge on any atom is -0.466 e. The first-order chi connectivity index (χ1) is 7.81. The molecular formula is C13H21NO2. The van der Waals surface area contributed by atoms with Crippen LogP contribution in [-0.4, -0.2) is 19.2 Å². The monoisotopic (exact) mass is 223 g/mol. The predicted molar refractivity (Wildman–Crippen MR) is 63.5 cm³/mol. The largest absolute Gasteiger partial charge is 0.466 e. The van der Waals surface area contributed by atoms with E-state index in [4.69, 9.17) is 9.15 Å². The molecule has 2 atom stereocenters. The summed E-state index contributed by atoms with van der Waals surface area (Å²) in [4.78, 5) is 0. The Hall–Kier alpha value is -0.800. The Morgan fingerprint density at radius 3 is 3.06 bits per heavy atom. The van der Waals surface area contributed by atoms with E-state index in [0.717, 1.165) is 31.8 Å². The standard InChI is InChI=1S/C13H21NO2/c1-3-6-14-11-5-8-15-12(9-11)13-10(2)4-7-16-13/h4,7,11-12,14H,3,5-6,8-9H2,1-2H3. The maximum Gasteiger partial charge on any atom is 0.135 e. The molecule has 1 aliphatic rings. The maximum atomic E-state index is 5.78. The van der Waals surface area contributed by atoms with Crippen LogP contribution in [0.1, 0.15) is 43.6 Å². The Kier molecular flexibility index (Phi) is 4.02. The molecule has 16 heavy (non-hydrogen) atoms. The van der Waals surface area contributed by atoms with Gasteiger partial charge in [0.25, 0.3) is 0 Å². The summed E-state index contributed by atoms with van der Waals surface area (Å²) in [5.74, 6) is 1.00. The second-order valence-corrected chi connectivity index (χ2v) is 4.50. The lowest BCUT2D eigenvalue weighted by Crippen LogP contribution is -2.36. The molecule has 2 rings (SSSR count). The zero-order valence-corrected chi connectivity index (χ0v) is 10.2. The van der Waals surface area contributed by atoms with Crippen LogP contribution in [0.5, 0.6) is 0 Å². The van der Waals surface area contributed by atoms with Gasteiger partial charge in [-0.2, -0.15) is 0 Å². The average Bonchev–Trinajstić information content (AvgIpc) is 2.73. The number of hydrogen-bond donors (Lipinski definition) is 1. The second kappa shape index (κ2) is 5.51. The van der Waals surface area contributed by atoms with Crippen molar-refractivity contribution in [3.63, 3.8) is 0 Å². The van der Waals surface area contributed by atoms with Crippen molar-refractivity contribution in [2.45, 2.75) is 45.3 Å². The van der Waals surface area contributed by atoms with Gasteiger partial charge in [0.2, 0.25) is 0 Å². The predicted octanol–water partition coefficient (Wildman–Crippen LogP) is 2.81. The molecule has 1 aromatic rings. The van der Waals surface area contributed by atoms with Gasteiger partial charge in [-0.25, -0.2) is 0 Å². The van der Waals surface area contributed by atoms with E-state index in [-0.39, 0.29) is 6.10 Å². The van der Waals surface area contributed by atoms with Crippen molar-refractivity contribution in [1.29, 1.82) is 0 Å². The number of rotatable bonds is 4. The highest BCUT2D eigenvalue weighted by atomic mass is 16.5. The number of aryl methyl sites for hydroxylation is 1. The van der Waals surface area contributed by atoms with Crippen molar-refractivity contribution in [2.75, 3.05) is 13.2 Å². The van der Waals surface area contributed by atoms with Crippen LogP contribution < -0.4 is 5.32 Å². The maximum absolute atomic E-state index is 5.78. The molecule has 1 aromatic heterocycles. The van der Waals surface area contributed by atoms with Crippen molar-refractivity contribution < 1.29 is 9.15 Å².